The highest BCUT2D eigenvalue weighted by Gasteiger charge is 2.15. The van der Waals surface area contributed by atoms with Crippen LogP contribution in [-0.2, 0) is 0 Å². The Morgan fingerprint density at radius 3 is 2.79 bits per heavy atom. The monoisotopic (exact) mass is 268 g/mol. The van der Waals surface area contributed by atoms with Crippen molar-refractivity contribution in [3.05, 3.63) is 64.0 Å². The molecule has 96 valence electrons. The Balaban J connectivity index is 2.14. The number of fused-ring (bicyclic) bond motifs is 1. The van der Waals surface area contributed by atoms with Gasteiger partial charge in [0.15, 0.2) is 0 Å². The lowest BCUT2D eigenvalue weighted by Crippen LogP contribution is -2.18. The van der Waals surface area contributed by atoms with Crippen molar-refractivity contribution in [1.82, 2.24) is 10.3 Å². The fourth-order valence-corrected chi connectivity index (χ4v) is 3.13. The first kappa shape index (κ1) is 12.3. The Bertz CT molecular complexity index is 689. The second kappa shape index (κ2) is 5.11. The Kier molecular flexibility index (Phi) is 3.32. The van der Waals surface area contributed by atoms with Crippen LogP contribution < -0.4 is 5.32 Å². The molecule has 0 saturated carbocycles. The average Bonchev–Trinajstić information content (AvgIpc) is 2.94. The van der Waals surface area contributed by atoms with E-state index in [2.05, 4.69) is 53.3 Å². The molecule has 2 nitrogen and oxygen atoms in total. The Morgan fingerprint density at radius 2 is 2.05 bits per heavy atom. The number of hydrogen-bond acceptors (Lipinski definition) is 3. The van der Waals surface area contributed by atoms with E-state index in [4.69, 9.17) is 4.98 Å². The zero-order chi connectivity index (χ0) is 13.2. The first-order valence-electron chi connectivity index (χ1n) is 6.35. The van der Waals surface area contributed by atoms with Crippen LogP contribution in [-0.4, -0.2) is 12.0 Å². The second-order valence-corrected chi connectivity index (χ2v) is 5.44. The maximum absolute atomic E-state index is 4.81. The van der Waals surface area contributed by atoms with Gasteiger partial charge >= 0.3 is 0 Å². The summed E-state index contributed by atoms with van der Waals surface area (Å²) < 4.78 is 0. The molecule has 0 aliphatic carbocycles. The molecule has 1 atom stereocenters. The molecular weight excluding hydrogens is 252 g/mol. The summed E-state index contributed by atoms with van der Waals surface area (Å²) in [6.45, 7) is 2.15. The maximum atomic E-state index is 4.81. The van der Waals surface area contributed by atoms with Crippen LogP contribution in [0.1, 0.15) is 22.9 Å². The molecule has 1 unspecified atom stereocenters. The summed E-state index contributed by atoms with van der Waals surface area (Å²) in [7, 11) is 1.98. The van der Waals surface area contributed by atoms with Gasteiger partial charge in [-0.1, -0.05) is 18.2 Å². The van der Waals surface area contributed by atoms with E-state index < -0.39 is 0 Å². The molecular formula is C16H16N2S. The number of aromatic nitrogens is 1. The number of pyridine rings is 1. The van der Waals surface area contributed by atoms with Gasteiger partial charge in [0.2, 0.25) is 0 Å². The van der Waals surface area contributed by atoms with E-state index in [1.54, 1.807) is 11.3 Å². The van der Waals surface area contributed by atoms with Crippen LogP contribution in [0, 0.1) is 6.92 Å². The van der Waals surface area contributed by atoms with Gasteiger partial charge in [-0.15, -0.1) is 0 Å². The third-order valence-corrected chi connectivity index (χ3v) is 4.11. The molecule has 3 rings (SSSR count). The van der Waals surface area contributed by atoms with E-state index in [-0.39, 0.29) is 6.04 Å². The minimum atomic E-state index is 0.162. The average molecular weight is 268 g/mol. The molecule has 0 saturated heterocycles. The van der Waals surface area contributed by atoms with Gasteiger partial charge in [0.1, 0.15) is 0 Å². The summed E-state index contributed by atoms with van der Waals surface area (Å²) in [6, 6.07) is 12.8. The molecule has 0 aliphatic rings. The lowest BCUT2D eigenvalue weighted by atomic mass is 10.0. The lowest BCUT2D eigenvalue weighted by Gasteiger charge is -2.16. The number of para-hydroxylation sites is 1. The van der Waals surface area contributed by atoms with Gasteiger partial charge < -0.3 is 5.32 Å². The van der Waals surface area contributed by atoms with Crippen LogP contribution >= 0.6 is 11.3 Å². The zero-order valence-corrected chi connectivity index (χ0v) is 11.9. The van der Waals surface area contributed by atoms with E-state index in [1.165, 1.54) is 16.5 Å². The van der Waals surface area contributed by atoms with E-state index in [1.807, 2.05) is 13.1 Å². The van der Waals surface area contributed by atoms with Crippen molar-refractivity contribution in [2.45, 2.75) is 13.0 Å². The van der Waals surface area contributed by atoms with Crippen molar-refractivity contribution in [1.29, 1.82) is 0 Å². The standard InChI is InChI=1S/C16H16N2S/c1-11-9-15(16(17-2)12-7-8-19-10-12)18-14-6-4-3-5-13(11)14/h3-10,16-17H,1-2H3. The minimum absolute atomic E-state index is 0.162. The molecule has 19 heavy (non-hydrogen) atoms. The summed E-state index contributed by atoms with van der Waals surface area (Å²) in [5, 5.41) is 8.86. The van der Waals surface area contributed by atoms with Crippen LogP contribution in [0.15, 0.2) is 47.2 Å². The van der Waals surface area contributed by atoms with E-state index in [9.17, 15) is 0 Å². The summed E-state index contributed by atoms with van der Waals surface area (Å²) >= 11 is 1.72. The van der Waals surface area contributed by atoms with Crippen LogP contribution in [0.5, 0.6) is 0 Å². The fourth-order valence-electron chi connectivity index (χ4n) is 2.45. The highest BCUT2D eigenvalue weighted by Crippen LogP contribution is 2.26. The molecule has 1 aromatic carbocycles. The van der Waals surface area contributed by atoms with E-state index in [0.717, 1.165) is 11.2 Å². The molecule has 0 fully saturated rings. The van der Waals surface area contributed by atoms with Crippen molar-refractivity contribution >= 4 is 22.2 Å². The zero-order valence-electron chi connectivity index (χ0n) is 11.1. The number of benzene rings is 1. The van der Waals surface area contributed by atoms with Gasteiger partial charge in [-0.25, -0.2) is 0 Å². The SMILES string of the molecule is CNC(c1ccsc1)c1cc(C)c2ccccc2n1. The summed E-state index contributed by atoms with van der Waals surface area (Å²) in [5.41, 5.74) is 4.69. The van der Waals surface area contributed by atoms with Crippen molar-refractivity contribution < 1.29 is 0 Å². The van der Waals surface area contributed by atoms with E-state index in [0.29, 0.717) is 0 Å². The third-order valence-electron chi connectivity index (χ3n) is 3.40. The number of nitrogens with one attached hydrogen (secondary N) is 1. The van der Waals surface area contributed by atoms with Gasteiger partial charge in [0.25, 0.3) is 0 Å². The van der Waals surface area contributed by atoms with Gasteiger partial charge in [0.05, 0.1) is 17.3 Å². The summed E-state index contributed by atoms with van der Waals surface area (Å²) in [5.74, 6) is 0. The molecule has 2 heterocycles. The third kappa shape index (κ3) is 2.27. The predicted octanol–water partition coefficient (Wildman–Crippen LogP) is 3.91. The van der Waals surface area contributed by atoms with Gasteiger partial charge in [0, 0.05) is 5.39 Å². The number of thiophene rings is 1. The van der Waals surface area contributed by atoms with Gasteiger partial charge in [-0.05, 0) is 54.1 Å². The number of nitrogens with zero attached hydrogens (tertiary/aromatic N) is 1. The molecule has 3 heteroatoms. The Labute approximate surface area is 117 Å². The topological polar surface area (TPSA) is 24.9 Å². The number of hydrogen-bond donors (Lipinski definition) is 1. The molecule has 0 radical (unpaired) electrons. The number of rotatable bonds is 3. The highest BCUT2D eigenvalue weighted by molar-refractivity contribution is 7.08. The van der Waals surface area contributed by atoms with Crippen LogP contribution in [0.3, 0.4) is 0 Å². The molecule has 2 aromatic heterocycles. The van der Waals surface area contributed by atoms with Crippen molar-refractivity contribution in [2.75, 3.05) is 7.05 Å². The summed E-state index contributed by atoms with van der Waals surface area (Å²) in [4.78, 5) is 4.81. The van der Waals surface area contributed by atoms with Crippen molar-refractivity contribution in [3.63, 3.8) is 0 Å². The smallest absolute Gasteiger partial charge is 0.0757 e. The first-order chi connectivity index (χ1) is 9.29. The summed E-state index contributed by atoms with van der Waals surface area (Å²) in [6.07, 6.45) is 0. The molecule has 0 amide bonds. The van der Waals surface area contributed by atoms with Crippen LogP contribution in [0.2, 0.25) is 0 Å². The Morgan fingerprint density at radius 1 is 1.21 bits per heavy atom. The van der Waals surface area contributed by atoms with Crippen molar-refractivity contribution in [3.8, 4) is 0 Å². The quantitative estimate of drug-likeness (QED) is 0.779. The predicted molar refractivity (Wildman–Crippen MR) is 81.7 cm³/mol. The van der Waals surface area contributed by atoms with E-state index >= 15 is 0 Å². The van der Waals surface area contributed by atoms with Crippen LogP contribution in [0.25, 0.3) is 10.9 Å². The highest BCUT2D eigenvalue weighted by atomic mass is 32.1. The van der Waals surface area contributed by atoms with Crippen molar-refractivity contribution in [2.24, 2.45) is 0 Å². The fraction of sp³-hybridized carbons (Fsp3) is 0.188. The molecule has 0 bridgehead atoms. The second-order valence-electron chi connectivity index (χ2n) is 4.66. The maximum Gasteiger partial charge on any atom is 0.0757 e. The van der Waals surface area contributed by atoms with Crippen LogP contribution in [0.4, 0.5) is 0 Å². The minimum Gasteiger partial charge on any atom is -0.308 e. The molecule has 3 aromatic rings. The lowest BCUT2D eigenvalue weighted by molar-refractivity contribution is 0.675. The normalized spacial score (nSPS) is 12.7. The first-order valence-corrected chi connectivity index (χ1v) is 7.29. The molecule has 0 aliphatic heterocycles. The molecule has 0 spiro atoms. The molecule has 1 N–H and O–H groups in total. The van der Waals surface area contributed by atoms with Gasteiger partial charge in [-0.3, -0.25) is 4.98 Å². The van der Waals surface area contributed by atoms with Gasteiger partial charge in [-0.2, -0.15) is 11.3 Å². The number of aryl methyl sites for hydroxylation is 1. The largest absolute Gasteiger partial charge is 0.308 e. The Hall–Kier alpha value is -1.71.